The molecule has 0 saturated heterocycles. The van der Waals surface area contributed by atoms with Gasteiger partial charge in [-0.2, -0.15) is 5.10 Å². The number of thioether (sulfide) groups is 1. The molecule has 0 amide bonds. The second-order valence-electron chi connectivity index (χ2n) is 5.91. The van der Waals surface area contributed by atoms with E-state index in [1.807, 2.05) is 11.6 Å². The Morgan fingerprint density at radius 1 is 1.13 bits per heavy atom. The molecule has 23 heavy (non-hydrogen) atoms. The Morgan fingerprint density at radius 2 is 1.87 bits per heavy atom. The molecule has 0 bridgehead atoms. The molecule has 0 spiro atoms. The molecule has 5 nitrogen and oxygen atoms in total. The normalized spacial score (nSPS) is 11.3. The van der Waals surface area contributed by atoms with Crippen LogP contribution in [0.25, 0.3) is 5.69 Å². The molecule has 0 aliphatic heterocycles. The average Bonchev–Trinajstić information content (AvgIpc) is 3.12. The summed E-state index contributed by atoms with van der Waals surface area (Å²) in [5.41, 5.74) is 4.54. The van der Waals surface area contributed by atoms with Crippen LogP contribution < -0.4 is 0 Å². The van der Waals surface area contributed by atoms with Gasteiger partial charge in [0.15, 0.2) is 5.16 Å². The fourth-order valence-electron chi connectivity index (χ4n) is 2.46. The van der Waals surface area contributed by atoms with Crippen molar-refractivity contribution in [2.75, 3.05) is 0 Å². The van der Waals surface area contributed by atoms with Gasteiger partial charge >= 0.3 is 0 Å². The maximum atomic E-state index is 4.52. The monoisotopic (exact) mass is 327 g/mol. The van der Waals surface area contributed by atoms with Gasteiger partial charge in [0.2, 0.25) is 0 Å². The van der Waals surface area contributed by atoms with Gasteiger partial charge in [-0.05, 0) is 51.5 Å². The minimum Gasteiger partial charge on any atom is -0.306 e. The van der Waals surface area contributed by atoms with Gasteiger partial charge in [0.1, 0.15) is 6.33 Å². The maximum absolute atomic E-state index is 4.52. The molecule has 3 rings (SSSR count). The quantitative estimate of drug-likeness (QED) is 0.666. The van der Waals surface area contributed by atoms with E-state index in [2.05, 4.69) is 71.0 Å². The van der Waals surface area contributed by atoms with Crippen LogP contribution in [0.3, 0.4) is 0 Å². The van der Waals surface area contributed by atoms with E-state index in [1.54, 1.807) is 18.1 Å². The van der Waals surface area contributed by atoms with Crippen LogP contribution in [-0.4, -0.2) is 24.5 Å². The van der Waals surface area contributed by atoms with Crippen molar-refractivity contribution in [3.63, 3.8) is 0 Å². The molecule has 0 aliphatic rings. The number of hydrogen-bond acceptors (Lipinski definition) is 4. The first-order valence-corrected chi connectivity index (χ1v) is 8.68. The average molecular weight is 327 g/mol. The summed E-state index contributed by atoms with van der Waals surface area (Å²) in [5, 5.41) is 13.7. The molecule has 0 N–H and O–H groups in total. The van der Waals surface area contributed by atoms with Crippen molar-refractivity contribution in [3.05, 3.63) is 53.6 Å². The van der Waals surface area contributed by atoms with Gasteiger partial charge in [-0.25, -0.2) is 4.68 Å². The lowest BCUT2D eigenvalue weighted by Crippen LogP contribution is -2.01. The zero-order valence-corrected chi connectivity index (χ0v) is 14.7. The Balaban J connectivity index is 1.70. The lowest BCUT2D eigenvalue weighted by molar-refractivity contribution is 0.549. The predicted molar refractivity (Wildman–Crippen MR) is 93.0 cm³/mol. The minimum absolute atomic E-state index is 0.376. The Kier molecular flexibility index (Phi) is 4.52. The van der Waals surface area contributed by atoms with Gasteiger partial charge in [-0.15, -0.1) is 10.2 Å². The molecule has 2 aromatic heterocycles. The van der Waals surface area contributed by atoms with Crippen molar-refractivity contribution in [1.82, 2.24) is 24.5 Å². The molecule has 2 heterocycles. The van der Waals surface area contributed by atoms with E-state index in [4.69, 9.17) is 0 Å². The Bertz CT molecular complexity index is 786. The molecule has 0 aliphatic carbocycles. The van der Waals surface area contributed by atoms with E-state index >= 15 is 0 Å². The summed E-state index contributed by atoms with van der Waals surface area (Å²) in [6.07, 6.45) is 1.79. The van der Waals surface area contributed by atoms with E-state index in [0.29, 0.717) is 6.04 Å². The summed E-state index contributed by atoms with van der Waals surface area (Å²) < 4.78 is 4.07. The van der Waals surface area contributed by atoms with E-state index in [1.165, 1.54) is 5.56 Å². The lowest BCUT2D eigenvalue weighted by atomic mass is 10.2. The van der Waals surface area contributed by atoms with Gasteiger partial charge in [0.25, 0.3) is 0 Å². The summed E-state index contributed by atoms with van der Waals surface area (Å²) >= 11 is 1.71. The predicted octanol–water partition coefficient (Wildman–Crippen LogP) is 3.95. The molecule has 0 fully saturated rings. The third-order valence-electron chi connectivity index (χ3n) is 3.65. The van der Waals surface area contributed by atoms with Crippen molar-refractivity contribution in [3.8, 4) is 5.69 Å². The Hall–Kier alpha value is -2.08. The second kappa shape index (κ2) is 6.58. The molecule has 0 radical (unpaired) electrons. The minimum atomic E-state index is 0.376. The van der Waals surface area contributed by atoms with Crippen LogP contribution in [0.5, 0.6) is 0 Å². The van der Waals surface area contributed by atoms with Crippen LogP contribution in [0, 0.1) is 13.8 Å². The first kappa shape index (κ1) is 15.8. The molecule has 3 aromatic rings. The van der Waals surface area contributed by atoms with E-state index in [0.717, 1.165) is 28.0 Å². The maximum Gasteiger partial charge on any atom is 0.191 e. The SMILES string of the molecule is Cc1cc(C)n(-c2ccc(CSc3nncn3C(C)C)cc2)n1. The summed E-state index contributed by atoms with van der Waals surface area (Å²) in [7, 11) is 0. The Morgan fingerprint density at radius 3 is 2.48 bits per heavy atom. The first-order valence-electron chi connectivity index (χ1n) is 7.69. The van der Waals surface area contributed by atoms with Crippen molar-refractivity contribution in [2.24, 2.45) is 0 Å². The van der Waals surface area contributed by atoms with Crippen molar-refractivity contribution in [1.29, 1.82) is 0 Å². The summed E-state index contributed by atoms with van der Waals surface area (Å²) in [6, 6.07) is 11.0. The van der Waals surface area contributed by atoms with Gasteiger partial charge in [0.05, 0.1) is 11.4 Å². The van der Waals surface area contributed by atoms with Gasteiger partial charge in [-0.1, -0.05) is 23.9 Å². The van der Waals surface area contributed by atoms with Crippen LogP contribution in [-0.2, 0) is 5.75 Å². The number of aromatic nitrogens is 5. The van der Waals surface area contributed by atoms with Crippen molar-refractivity contribution < 1.29 is 0 Å². The third kappa shape index (κ3) is 3.47. The van der Waals surface area contributed by atoms with Gasteiger partial charge in [-0.3, -0.25) is 0 Å². The zero-order valence-electron chi connectivity index (χ0n) is 13.9. The van der Waals surface area contributed by atoms with E-state index in [-0.39, 0.29) is 0 Å². The number of nitrogens with zero attached hydrogens (tertiary/aromatic N) is 5. The standard InChI is InChI=1S/C17H21N5S/c1-12(2)21-11-18-19-17(21)23-10-15-5-7-16(8-6-15)22-14(4)9-13(3)20-22/h5-9,11-12H,10H2,1-4H3. The Labute approximate surface area is 140 Å². The highest BCUT2D eigenvalue weighted by molar-refractivity contribution is 7.98. The number of rotatable bonds is 5. The van der Waals surface area contributed by atoms with Crippen LogP contribution in [0.2, 0.25) is 0 Å². The van der Waals surface area contributed by atoms with Crippen LogP contribution >= 0.6 is 11.8 Å². The van der Waals surface area contributed by atoms with Crippen LogP contribution in [0.15, 0.2) is 41.8 Å². The smallest absolute Gasteiger partial charge is 0.191 e. The highest BCUT2D eigenvalue weighted by Gasteiger charge is 2.08. The molecule has 6 heteroatoms. The lowest BCUT2D eigenvalue weighted by Gasteiger charge is -2.09. The fourth-order valence-corrected chi connectivity index (χ4v) is 3.46. The second-order valence-corrected chi connectivity index (χ2v) is 6.85. The topological polar surface area (TPSA) is 48.5 Å². The summed E-state index contributed by atoms with van der Waals surface area (Å²) in [4.78, 5) is 0. The van der Waals surface area contributed by atoms with Crippen LogP contribution in [0.1, 0.15) is 36.8 Å². The number of aryl methyl sites for hydroxylation is 2. The molecule has 0 unspecified atom stereocenters. The fraction of sp³-hybridized carbons (Fsp3) is 0.353. The number of benzene rings is 1. The van der Waals surface area contributed by atoms with Crippen molar-refractivity contribution in [2.45, 2.75) is 44.6 Å². The first-order chi connectivity index (χ1) is 11.0. The van der Waals surface area contributed by atoms with Gasteiger partial charge < -0.3 is 4.57 Å². The third-order valence-corrected chi connectivity index (χ3v) is 4.68. The zero-order chi connectivity index (χ0) is 16.4. The summed E-state index contributed by atoms with van der Waals surface area (Å²) in [5.74, 6) is 0.878. The molecular formula is C17H21N5S. The molecular weight excluding hydrogens is 306 g/mol. The van der Waals surface area contributed by atoms with Crippen molar-refractivity contribution >= 4 is 11.8 Å². The largest absolute Gasteiger partial charge is 0.306 e. The number of hydrogen-bond donors (Lipinski definition) is 0. The molecule has 0 atom stereocenters. The highest BCUT2D eigenvalue weighted by atomic mass is 32.2. The van der Waals surface area contributed by atoms with Gasteiger partial charge in [0, 0.05) is 17.5 Å². The van der Waals surface area contributed by atoms with E-state index in [9.17, 15) is 0 Å². The van der Waals surface area contributed by atoms with E-state index < -0.39 is 0 Å². The molecule has 120 valence electrons. The molecule has 1 aromatic carbocycles. The molecule has 0 saturated carbocycles. The highest BCUT2D eigenvalue weighted by Crippen LogP contribution is 2.23. The summed E-state index contributed by atoms with van der Waals surface area (Å²) in [6.45, 7) is 8.36. The van der Waals surface area contributed by atoms with Crippen LogP contribution in [0.4, 0.5) is 0 Å².